The summed E-state index contributed by atoms with van der Waals surface area (Å²) in [4.78, 5) is 9.06. The van der Waals surface area contributed by atoms with E-state index in [1.165, 1.54) is 81.2 Å². The van der Waals surface area contributed by atoms with Crippen molar-refractivity contribution >= 4 is 10.9 Å². The van der Waals surface area contributed by atoms with Gasteiger partial charge in [0.1, 0.15) is 0 Å². The first-order chi connectivity index (χ1) is 13.3. The second-order valence-electron chi connectivity index (χ2n) is 8.15. The third kappa shape index (κ3) is 5.14. The Morgan fingerprint density at radius 3 is 2.56 bits per heavy atom. The van der Waals surface area contributed by atoms with E-state index in [1.54, 1.807) is 5.56 Å². The molecule has 1 aromatic carbocycles. The van der Waals surface area contributed by atoms with E-state index in [2.05, 4.69) is 59.8 Å². The number of nitrogens with zero attached hydrogens (tertiary/aromatic N) is 2. The van der Waals surface area contributed by atoms with Crippen LogP contribution < -0.4 is 0 Å². The third-order valence-corrected chi connectivity index (χ3v) is 6.48. The summed E-state index contributed by atoms with van der Waals surface area (Å²) in [6.07, 6.45) is 9.14. The normalized spacial score (nSPS) is 17.1. The van der Waals surface area contributed by atoms with Crippen LogP contribution in [0.2, 0.25) is 0 Å². The SMILES string of the molecule is CCCCCCN(CCN(CC)CC)C1CCc2[nH]c3ccccc3c2C1. The lowest BCUT2D eigenvalue weighted by atomic mass is 9.90. The maximum Gasteiger partial charge on any atom is 0.0458 e. The Balaban J connectivity index is 1.69. The first-order valence-corrected chi connectivity index (χ1v) is 11.3. The highest BCUT2D eigenvalue weighted by Crippen LogP contribution is 2.31. The second-order valence-corrected chi connectivity index (χ2v) is 8.15. The quantitative estimate of drug-likeness (QED) is 0.547. The molecule has 1 aliphatic rings. The lowest BCUT2D eigenvalue weighted by Crippen LogP contribution is -2.44. The molecule has 1 N–H and O–H groups in total. The number of hydrogen-bond acceptors (Lipinski definition) is 2. The van der Waals surface area contributed by atoms with E-state index in [0.717, 1.165) is 13.1 Å². The maximum atomic E-state index is 3.68. The molecule has 0 aliphatic heterocycles. The number of hydrogen-bond donors (Lipinski definition) is 1. The highest BCUT2D eigenvalue weighted by molar-refractivity contribution is 5.84. The van der Waals surface area contributed by atoms with Crippen molar-refractivity contribution in [3.05, 3.63) is 35.5 Å². The fourth-order valence-electron chi connectivity index (χ4n) is 4.69. The van der Waals surface area contributed by atoms with Crippen LogP contribution in [0.5, 0.6) is 0 Å². The summed E-state index contributed by atoms with van der Waals surface area (Å²) in [5.74, 6) is 0. The second kappa shape index (κ2) is 10.3. The summed E-state index contributed by atoms with van der Waals surface area (Å²) in [6.45, 7) is 12.9. The van der Waals surface area contributed by atoms with Gasteiger partial charge in [0.25, 0.3) is 0 Å². The minimum Gasteiger partial charge on any atom is -0.358 e. The largest absolute Gasteiger partial charge is 0.358 e. The molecule has 1 atom stereocenters. The number of benzene rings is 1. The number of H-pyrrole nitrogens is 1. The van der Waals surface area contributed by atoms with E-state index in [0.29, 0.717) is 6.04 Å². The molecular formula is C24H39N3. The van der Waals surface area contributed by atoms with Crippen LogP contribution in [0.3, 0.4) is 0 Å². The van der Waals surface area contributed by atoms with Gasteiger partial charge < -0.3 is 9.88 Å². The van der Waals surface area contributed by atoms with E-state index >= 15 is 0 Å². The van der Waals surface area contributed by atoms with Crippen LogP contribution in [-0.4, -0.2) is 53.5 Å². The van der Waals surface area contributed by atoms with Crippen molar-refractivity contribution in [2.75, 3.05) is 32.7 Å². The smallest absolute Gasteiger partial charge is 0.0458 e. The summed E-state index contributed by atoms with van der Waals surface area (Å²) in [5.41, 5.74) is 4.39. The minimum absolute atomic E-state index is 0.703. The molecule has 2 aromatic rings. The van der Waals surface area contributed by atoms with Crippen LogP contribution in [0.4, 0.5) is 0 Å². The van der Waals surface area contributed by atoms with Crippen molar-refractivity contribution in [3.63, 3.8) is 0 Å². The molecule has 0 bridgehead atoms. The summed E-state index contributed by atoms with van der Waals surface area (Å²) in [7, 11) is 0. The molecule has 3 rings (SSSR count). The average Bonchev–Trinajstić information content (AvgIpc) is 3.08. The Morgan fingerprint density at radius 2 is 1.78 bits per heavy atom. The number of unbranched alkanes of at least 4 members (excludes halogenated alkanes) is 3. The number of para-hydroxylation sites is 1. The van der Waals surface area contributed by atoms with Gasteiger partial charge >= 0.3 is 0 Å². The van der Waals surface area contributed by atoms with Crippen LogP contribution in [0.1, 0.15) is 64.1 Å². The topological polar surface area (TPSA) is 22.3 Å². The van der Waals surface area contributed by atoms with E-state index in [1.807, 2.05) is 0 Å². The number of likely N-dealkylation sites (N-methyl/N-ethyl adjacent to an activating group) is 1. The molecule has 0 spiro atoms. The Hall–Kier alpha value is -1.32. The van der Waals surface area contributed by atoms with Crippen LogP contribution in [0.15, 0.2) is 24.3 Å². The highest BCUT2D eigenvalue weighted by Gasteiger charge is 2.26. The summed E-state index contributed by atoms with van der Waals surface area (Å²) in [5, 5.41) is 1.45. The summed E-state index contributed by atoms with van der Waals surface area (Å²) < 4.78 is 0. The molecule has 1 heterocycles. The monoisotopic (exact) mass is 369 g/mol. The zero-order valence-electron chi connectivity index (χ0n) is 17.8. The van der Waals surface area contributed by atoms with E-state index in [9.17, 15) is 0 Å². The molecule has 0 fully saturated rings. The van der Waals surface area contributed by atoms with Gasteiger partial charge in [-0.05, 0) is 56.9 Å². The maximum absolute atomic E-state index is 3.68. The van der Waals surface area contributed by atoms with Gasteiger partial charge in [0, 0.05) is 35.7 Å². The Kier molecular flexibility index (Phi) is 7.78. The predicted molar refractivity (Wildman–Crippen MR) is 118 cm³/mol. The van der Waals surface area contributed by atoms with E-state index in [-0.39, 0.29) is 0 Å². The molecule has 3 nitrogen and oxygen atoms in total. The Labute approximate surface area is 166 Å². The molecule has 1 aromatic heterocycles. The molecule has 150 valence electrons. The fourth-order valence-corrected chi connectivity index (χ4v) is 4.69. The fraction of sp³-hybridized carbons (Fsp3) is 0.667. The number of fused-ring (bicyclic) bond motifs is 3. The summed E-state index contributed by atoms with van der Waals surface area (Å²) in [6, 6.07) is 9.56. The zero-order valence-corrected chi connectivity index (χ0v) is 17.8. The summed E-state index contributed by atoms with van der Waals surface area (Å²) >= 11 is 0. The molecule has 27 heavy (non-hydrogen) atoms. The number of aromatic amines is 1. The van der Waals surface area contributed by atoms with Crippen molar-refractivity contribution in [1.29, 1.82) is 0 Å². The van der Waals surface area contributed by atoms with Crippen molar-refractivity contribution in [2.24, 2.45) is 0 Å². The van der Waals surface area contributed by atoms with Crippen molar-refractivity contribution in [1.82, 2.24) is 14.8 Å². The first-order valence-electron chi connectivity index (χ1n) is 11.3. The lowest BCUT2D eigenvalue weighted by Gasteiger charge is -2.36. The molecule has 0 radical (unpaired) electrons. The van der Waals surface area contributed by atoms with Crippen molar-refractivity contribution < 1.29 is 0 Å². The van der Waals surface area contributed by atoms with Crippen molar-refractivity contribution in [2.45, 2.75) is 71.8 Å². The third-order valence-electron chi connectivity index (χ3n) is 6.48. The van der Waals surface area contributed by atoms with Gasteiger partial charge in [-0.1, -0.05) is 58.2 Å². The number of nitrogens with one attached hydrogen (secondary N) is 1. The van der Waals surface area contributed by atoms with Crippen LogP contribution in [0.25, 0.3) is 10.9 Å². The average molecular weight is 370 g/mol. The van der Waals surface area contributed by atoms with Gasteiger partial charge in [0.2, 0.25) is 0 Å². The van der Waals surface area contributed by atoms with E-state index in [4.69, 9.17) is 0 Å². The predicted octanol–water partition coefficient (Wildman–Crippen LogP) is 5.25. The number of rotatable bonds is 11. The van der Waals surface area contributed by atoms with Crippen molar-refractivity contribution in [3.8, 4) is 0 Å². The Bertz CT molecular complexity index is 686. The Morgan fingerprint density at radius 1 is 0.963 bits per heavy atom. The van der Waals surface area contributed by atoms with Gasteiger partial charge in [-0.15, -0.1) is 0 Å². The van der Waals surface area contributed by atoms with Gasteiger partial charge in [0.15, 0.2) is 0 Å². The van der Waals surface area contributed by atoms with Gasteiger partial charge in [0.05, 0.1) is 0 Å². The lowest BCUT2D eigenvalue weighted by molar-refractivity contribution is 0.150. The molecule has 1 unspecified atom stereocenters. The number of aromatic nitrogens is 1. The van der Waals surface area contributed by atoms with Gasteiger partial charge in [-0.3, -0.25) is 4.90 Å². The number of aryl methyl sites for hydroxylation is 1. The zero-order chi connectivity index (χ0) is 19.1. The highest BCUT2D eigenvalue weighted by atomic mass is 15.2. The molecule has 3 heteroatoms. The first kappa shape index (κ1) is 20.4. The molecular weight excluding hydrogens is 330 g/mol. The van der Waals surface area contributed by atoms with Gasteiger partial charge in [-0.2, -0.15) is 0 Å². The van der Waals surface area contributed by atoms with Gasteiger partial charge in [-0.25, -0.2) is 0 Å². The molecule has 1 aliphatic carbocycles. The standard InChI is InChI=1S/C24H39N3/c1-4-7-8-11-16-27(18-17-26(5-2)6-3)20-14-15-24-22(19-20)21-12-9-10-13-23(21)25-24/h9-10,12-13,20,25H,4-8,11,14-19H2,1-3H3. The molecule has 0 saturated carbocycles. The molecule has 0 saturated heterocycles. The van der Waals surface area contributed by atoms with E-state index < -0.39 is 0 Å². The van der Waals surface area contributed by atoms with Crippen LogP contribution in [0, 0.1) is 0 Å². The van der Waals surface area contributed by atoms with Crippen LogP contribution >= 0.6 is 0 Å². The van der Waals surface area contributed by atoms with Crippen LogP contribution in [-0.2, 0) is 12.8 Å². The minimum atomic E-state index is 0.703. The molecule has 0 amide bonds.